The third-order valence-corrected chi connectivity index (χ3v) is 2.55. The summed E-state index contributed by atoms with van der Waals surface area (Å²) in [6.45, 7) is 7.55. The van der Waals surface area contributed by atoms with Crippen LogP contribution in [-0.2, 0) is 4.79 Å². The maximum Gasteiger partial charge on any atom is 0.193 e. The van der Waals surface area contributed by atoms with Crippen LogP contribution in [0.25, 0.3) is 0 Å². The van der Waals surface area contributed by atoms with E-state index in [-0.39, 0.29) is 5.78 Å². The summed E-state index contributed by atoms with van der Waals surface area (Å²) in [6.07, 6.45) is 12.8. The molecule has 0 spiro atoms. The van der Waals surface area contributed by atoms with Crippen molar-refractivity contribution in [1.82, 2.24) is 0 Å². The van der Waals surface area contributed by atoms with Crippen LogP contribution in [0.4, 0.5) is 0 Å². The van der Waals surface area contributed by atoms with E-state index < -0.39 is 0 Å². The maximum absolute atomic E-state index is 12.0. The molecule has 0 saturated carbocycles. The molecule has 0 aromatic carbocycles. The Kier molecular flexibility index (Phi) is 5.11. The third-order valence-electron chi connectivity index (χ3n) is 2.28. The minimum Gasteiger partial charge on any atom is -0.289 e. The van der Waals surface area contributed by atoms with Crippen LogP contribution in [0.2, 0.25) is 0 Å². The molecule has 1 aliphatic rings. The van der Waals surface area contributed by atoms with E-state index in [0.717, 1.165) is 10.1 Å². The molecule has 0 aliphatic heterocycles. The summed E-state index contributed by atoms with van der Waals surface area (Å²) in [4.78, 5) is 12.0. The first-order chi connectivity index (χ1) is 8.10. The van der Waals surface area contributed by atoms with Gasteiger partial charge in [-0.3, -0.25) is 4.79 Å². The number of rotatable bonds is 4. The Morgan fingerprint density at radius 2 is 2.12 bits per heavy atom. The van der Waals surface area contributed by atoms with Gasteiger partial charge in [0.05, 0.1) is 0 Å². The summed E-state index contributed by atoms with van der Waals surface area (Å²) in [6, 6.07) is 0. The molecule has 1 rings (SSSR count). The van der Waals surface area contributed by atoms with Crippen molar-refractivity contribution in [3.05, 3.63) is 70.3 Å². The second-order valence-corrected chi connectivity index (χ2v) is 4.87. The van der Waals surface area contributed by atoms with Gasteiger partial charge in [-0.25, -0.2) is 0 Å². The summed E-state index contributed by atoms with van der Waals surface area (Å²) in [5.41, 5.74) is 2.28. The molecular weight excluding hydrogens is 276 g/mol. The van der Waals surface area contributed by atoms with Crippen molar-refractivity contribution in [3.63, 3.8) is 0 Å². The van der Waals surface area contributed by atoms with E-state index in [9.17, 15) is 4.79 Å². The first kappa shape index (κ1) is 13.7. The van der Waals surface area contributed by atoms with Gasteiger partial charge in [0.25, 0.3) is 0 Å². The second kappa shape index (κ2) is 6.36. The van der Waals surface area contributed by atoms with Crippen molar-refractivity contribution < 1.29 is 4.79 Å². The van der Waals surface area contributed by atoms with Crippen molar-refractivity contribution in [1.29, 1.82) is 0 Å². The van der Waals surface area contributed by atoms with Gasteiger partial charge in [-0.15, -0.1) is 0 Å². The zero-order valence-electron chi connectivity index (χ0n) is 10.0. The average molecular weight is 291 g/mol. The van der Waals surface area contributed by atoms with Gasteiger partial charge in [-0.1, -0.05) is 59.0 Å². The molecule has 0 radical (unpaired) electrons. The van der Waals surface area contributed by atoms with Crippen LogP contribution < -0.4 is 0 Å². The molecule has 0 saturated heterocycles. The van der Waals surface area contributed by atoms with Gasteiger partial charge >= 0.3 is 0 Å². The molecule has 88 valence electrons. The Hall–Kier alpha value is -1.41. The van der Waals surface area contributed by atoms with Gasteiger partial charge in [0, 0.05) is 11.1 Å². The van der Waals surface area contributed by atoms with Gasteiger partial charge in [0.15, 0.2) is 5.78 Å². The number of hydrogen-bond acceptors (Lipinski definition) is 1. The van der Waals surface area contributed by atoms with Gasteiger partial charge in [0.1, 0.15) is 0 Å². The van der Waals surface area contributed by atoms with Gasteiger partial charge in [0.2, 0.25) is 0 Å². The zero-order valence-corrected chi connectivity index (χ0v) is 11.6. The Labute approximate surface area is 111 Å². The highest BCUT2D eigenvalue weighted by Gasteiger charge is 2.19. The molecule has 0 aromatic rings. The lowest BCUT2D eigenvalue weighted by molar-refractivity contribution is -0.111. The normalized spacial score (nSPS) is 17.5. The number of Topliss-reactive ketones (excluding diaryl/α,β-unsaturated/α-hetero) is 1. The Balaban J connectivity index is 2.97. The number of allylic oxidation sites excluding steroid dienone is 11. The average Bonchev–Trinajstić information content (AvgIpc) is 2.57. The molecule has 0 unspecified atom stereocenters. The largest absolute Gasteiger partial charge is 0.289 e. The predicted octanol–water partition coefficient (Wildman–Crippen LogP) is 4.41. The molecule has 0 fully saturated rings. The zero-order chi connectivity index (χ0) is 12.8. The summed E-state index contributed by atoms with van der Waals surface area (Å²) < 4.78 is 1.02. The number of carbonyl (C=O) groups excluding carboxylic acids is 1. The van der Waals surface area contributed by atoms with E-state index in [1.165, 1.54) is 0 Å². The number of halogens is 1. The highest BCUT2D eigenvalue weighted by atomic mass is 79.9. The van der Waals surface area contributed by atoms with Crippen molar-refractivity contribution >= 4 is 21.7 Å². The highest BCUT2D eigenvalue weighted by Crippen LogP contribution is 2.24. The summed E-state index contributed by atoms with van der Waals surface area (Å²) in [5, 5.41) is 0. The second-order valence-electron chi connectivity index (χ2n) is 3.61. The first-order valence-electron chi connectivity index (χ1n) is 5.36. The maximum atomic E-state index is 12.0. The molecule has 0 amide bonds. The summed E-state index contributed by atoms with van der Waals surface area (Å²) in [7, 11) is 0. The van der Waals surface area contributed by atoms with Crippen molar-refractivity contribution in [2.45, 2.75) is 13.8 Å². The topological polar surface area (TPSA) is 17.1 Å². The highest BCUT2D eigenvalue weighted by molar-refractivity contribution is 9.11. The molecule has 1 nitrogen and oxygen atoms in total. The monoisotopic (exact) mass is 290 g/mol. The van der Waals surface area contributed by atoms with Crippen LogP contribution in [-0.4, -0.2) is 5.78 Å². The van der Waals surface area contributed by atoms with E-state index in [1.807, 2.05) is 50.3 Å². The Morgan fingerprint density at radius 3 is 2.65 bits per heavy atom. The standard InChI is InChI=1S/C15H15BrO/c1-4-7-14-12(5-2)10-13(15(14)17)9-6-8-11(3)16/h4-10H,2H2,1,3H3/b7-4-,9-6-,11-8+. The fourth-order valence-corrected chi connectivity index (χ4v) is 1.67. The van der Waals surface area contributed by atoms with Crippen LogP contribution in [0.1, 0.15) is 13.8 Å². The van der Waals surface area contributed by atoms with E-state index >= 15 is 0 Å². The van der Waals surface area contributed by atoms with E-state index in [0.29, 0.717) is 11.1 Å². The van der Waals surface area contributed by atoms with Crippen LogP contribution in [0, 0.1) is 0 Å². The summed E-state index contributed by atoms with van der Waals surface area (Å²) >= 11 is 3.33. The molecule has 0 bridgehead atoms. The quantitative estimate of drug-likeness (QED) is 0.701. The van der Waals surface area contributed by atoms with E-state index in [2.05, 4.69) is 22.5 Å². The number of carbonyl (C=O) groups is 1. The molecule has 0 aromatic heterocycles. The molecule has 0 N–H and O–H groups in total. The fraction of sp³-hybridized carbons (Fsp3) is 0.133. The molecular formula is C15H15BrO. The minimum absolute atomic E-state index is 0.0508. The van der Waals surface area contributed by atoms with Crippen LogP contribution in [0.5, 0.6) is 0 Å². The molecule has 0 heterocycles. The summed E-state index contributed by atoms with van der Waals surface area (Å²) in [5.74, 6) is 0.0508. The predicted molar refractivity (Wildman–Crippen MR) is 77.0 cm³/mol. The molecule has 2 heteroatoms. The van der Waals surface area contributed by atoms with Crippen molar-refractivity contribution in [3.8, 4) is 0 Å². The lowest BCUT2D eigenvalue weighted by atomic mass is 10.1. The van der Waals surface area contributed by atoms with Gasteiger partial charge in [-0.05, 0) is 30.0 Å². The third kappa shape index (κ3) is 3.53. The van der Waals surface area contributed by atoms with E-state index in [4.69, 9.17) is 0 Å². The molecule has 17 heavy (non-hydrogen) atoms. The fourth-order valence-electron chi connectivity index (χ4n) is 1.51. The number of hydrogen-bond donors (Lipinski definition) is 0. The van der Waals surface area contributed by atoms with Crippen molar-refractivity contribution in [2.24, 2.45) is 0 Å². The number of ketones is 1. The van der Waals surface area contributed by atoms with Gasteiger partial charge < -0.3 is 0 Å². The SMILES string of the molecule is C=CC1=C(/C=C\C)C(=O)C(/C=C\C=C(/C)Br)=C1. The lowest BCUT2D eigenvalue weighted by Crippen LogP contribution is -1.98. The van der Waals surface area contributed by atoms with Crippen LogP contribution in [0.15, 0.2) is 70.3 Å². The van der Waals surface area contributed by atoms with Crippen molar-refractivity contribution in [2.75, 3.05) is 0 Å². The first-order valence-corrected chi connectivity index (χ1v) is 6.15. The van der Waals surface area contributed by atoms with E-state index in [1.54, 1.807) is 6.08 Å². The molecule has 1 aliphatic carbocycles. The van der Waals surface area contributed by atoms with Crippen LogP contribution >= 0.6 is 15.9 Å². The lowest BCUT2D eigenvalue weighted by Gasteiger charge is -1.95. The van der Waals surface area contributed by atoms with Gasteiger partial charge in [-0.2, -0.15) is 0 Å². The van der Waals surface area contributed by atoms with Crippen LogP contribution in [0.3, 0.4) is 0 Å². The smallest absolute Gasteiger partial charge is 0.193 e. The Morgan fingerprint density at radius 1 is 1.41 bits per heavy atom. The minimum atomic E-state index is 0.0508. The Bertz CT molecular complexity index is 481. The molecule has 0 atom stereocenters.